The number of hydrazone groups is 2. The van der Waals surface area contributed by atoms with Crippen LogP contribution >= 0.6 is 0 Å². The van der Waals surface area contributed by atoms with Gasteiger partial charge in [0.25, 0.3) is 0 Å². The van der Waals surface area contributed by atoms with Gasteiger partial charge in [0, 0.05) is 10.8 Å². The van der Waals surface area contributed by atoms with E-state index < -0.39 is 0 Å². The molecule has 0 saturated carbocycles. The molecular weight excluding hydrogens is 380 g/mol. The van der Waals surface area contributed by atoms with Crippen molar-refractivity contribution >= 4 is 34.8 Å². The second-order valence-electron chi connectivity index (χ2n) is 6.37. The lowest BCUT2D eigenvalue weighted by atomic mass is 10.2. The number of anilines is 2. The second kappa shape index (κ2) is 8.70. The number of nitrogens with one attached hydrogen (secondary N) is 2. The van der Waals surface area contributed by atoms with Crippen LogP contribution in [-0.4, -0.2) is 32.8 Å². The Morgan fingerprint density at radius 1 is 0.633 bits per heavy atom. The third-order valence-corrected chi connectivity index (χ3v) is 4.20. The fourth-order valence-electron chi connectivity index (χ4n) is 2.82. The van der Waals surface area contributed by atoms with E-state index in [-0.39, 0.29) is 11.5 Å². The van der Waals surface area contributed by atoms with Crippen LogP contribution in [-0.2, 0) is 0 Å². The molecule has 8 nitrogen and oxygen atoms in total. The summed E-state index contributed by atoms with van der Waals surface area (Å²) >= 11 is 0. The quantitative estimate of drug-likeness (QED) is 0.289. The van der Waals surface area contributed by atoms with Gasteiger partial charge in [-0.25, -0.2) is 0 Å². The molecule has 8 heteroatoms. The van der Waals surface area contributed by atoms with E-state index in [9.17, 15) is 10.2 Å². The van der Waals surface area contributed by atoms with E-state index >= 15 is 0 Å². The van der Waals surface area contributed by atoms with E-state index in [2.05, 4.69) is 31.3 Å². The van der Waals surface area contributed by atoms with Gasteiger partial charge in [0.1, 0.15) is 11.5 Å². The van der Waals surface area contributed by atoms with E-state index in [4.69, 9.17) is 0 Å². The van der Waals surface area contributed by atoms with Crippen molar-refractivity contribution in [3.63, 3.8) is 0 Å². The molecular formula is C22H18N6O2. The van der Waals surface area contributed by atoms with E-state index in [1.54, 1.807) is 48.8 Å². The van der Waals surface area contributed by atoms with Crippen molar-refractivity contribution in [3.05, 3.63) is 83.9 Å². The molecule has 1 heterocycles. The van der Waals surface area contributed by atoms with E-state index in [0.29, 0.717) is 11.6 Å². The van der Waals surface area contributed by atoms with Crippen molar-refractivity contribution in [2.75, 3.05) is 10.9 Å². The van der Waals surface area contributed by atoms with Crippen LogP contribution in [0.25, 0.3) is 10.8 Å². The molecule has 0 fully saturated rings. The lowest BCUT2D eigenvalue weighted by molar-refractivity contribution is 0.474. The minimum Gasteiger partial charge on any atom is -0.508 e. The molecule has 4 N–H and O–H groups in total. The Bertz CT molecular complexity index is 1140. The second-order valence-corrected chi connectivity index (χ2v) is 6.37. The molecule has 0 aliphatic heterocycles. The highest BCUT2D eigenvalue weighted by atomic mass is 16.3. The molecule has 0 saturated heterocycles. The summed E-state index contributed by atoms with van der Waals surface area (Å²) in [5.74, 6) is 1.32. The molecule has 0 unspecified atom stereocenters. The van der Waals surface area contributed by atoms with Gasteiger partial charge in [-0.05, 0) is 35.4 Å². The molecule has 0 aliphatic carbocycles. The number of nitrogens with zero attached hydrogens (tertiary/aromatic N) is 4. The lowest BCUT2D eigenvalue weighted by Crippen LogP contribution is -2.01. The number of aromatic hydroxyl groups is 2. The zero-order chi connectivity index (χ0) is 20.8. The summed E-state index contributed by atoms with van der Waals surface area (Å²) in [6.07, 6.45) is 3.17. The first-order valence-electron chi connectivity index (χ1n) is 9.11. The number of aromatic nitrogens is 2. The molecule has 0 bridgehead atoms. The minimum atomic E-state index is 0.172. The first-order valence-corrected chi connectivity index (χ1v) is 9.11. The summed E-state index contributed by atoms with van der Waals surface area (Å²) in [5, 5.41) is 37.4. The zero-order valence-corrected chi connectivity index (χ0v) is 15.8. The Labute approximate surface area is 172 Å². The maximum atomic E-state index is 9.52. The van der Waals surface area contributed by atoms with Crippen LogP contribution in [0.2, 0.25) is 0 Å². The molecule has 0 atom stereocenters. The van der Waals surface area contributed by atoms with Crippen LogP contribution in [0.5, 0.6) is 11.5 Å². The summed E-state index contributed by atoms with van der Waals surface area (Å²) in [6, 6.07) is 21.1. The molecule has 1 aromatic heterocycles. The summed E-state index contributed by atoms with van der Waals surface area (Å²) < 4.78 is 0. The van der Waals surface area contributed by atoms with Crippen molar-refractivity contribution in [2.45, 2.75) is 0 Å². The van der Waals surface area contributed by atoms with Gasteiger partial charge >= 0.3 is 0 Å². The fraction of sp³-hybridized carbons (Fsp3) is 0. The van der Waals surface area contributed by atoms with Crippen LogP contribution < -0.4 is 10.9 Å². The Morgan fingerprint density at radius 3 is 1.53 bits per heavy atom. The average molecular weight is 398 g/mol. The molecule has 0 amide bonds. The van der Waals surface area contributed by atoms with Crippen LogP contribution in [0, 0.1) is 0 Å². The van der Waals surface area contributed by atoms with Gasteiger partial charge < -0.3 is 10.2 Å². The summed E-state index contributed by atoms with van der Waals surface area (Å²) in [5.41, 5.74) is 7.28. The molecule has 4 aromatic rings. The van der Waals surface area contributed by atoms with Crippen molar-refractivity contribution < 1.29 is 10.2 Å². The molecule has 148 valence electrons. The third-order valence-electron chi connectivity index (χ3n) is 4.20. The number of fused-ring (bicyclic) bond motifs is 1. The maximum absolute atomic E-state index is 9.52. The van der Waals surface area contributed by atoms with E-state index in [1.165, 1.54) is 0 Å². The summed E-state index contributed by atoms with van der Waals surface area (Å²) in [6.45, 7) is 0. The zero-order valence-electron chi connectivity index (χ0n) is 15.8. The van der Waals surface area contributed by atoms with Gasteiger partial charge in [-0.3, -0.25) is 10.9 Å². The maximum Gasteiger partial charge on any atom is 0.176 e. The number of benzene rings is 3. The Balaban J connectivity index is 1.54. The van der Waals surface area contributed by atoms with Crippen molar-refractivity contribution in [2.24, 2.45) is 10.2 Å². The predicted octanol–water partition coefficient (Wildman–Crippen LogP) is 3.93. The van der Waals surface area contributed by atoms with Crippen LogP contribution in [0.4, 0.5) is 11.6 Å². The van der Waals surface area contributed by atoms with Crippen molar-refractivity contribution in [3.8, 4) is 11.5 Å². The smallest absolute Gasteiger partial charge is 0.176 e. The molecule has 0 spiro atoms. The third kappa shape index (κ3) is 4.50. The fourth-order valence-corrected chi connectivity index (χ4v) is 2.82. The highest BCUT2D eigenvalue weighted by molar-refractivity contribution is 5.98. The number of phenolic OH excluding ortho intramolecular Hbond substituents is 2. The van der Waals surface area contributed by atoms with E-state index in [1.807, 2.05) is 36.4 Å². The van der Waals surface area contributed by atoms with Gasteiger partial charge in [-0.1, -0.05) is 48.5 Å². The summed E-state index contributed by atoms with van der Waals surface area (Å²) in [7, 11) is 0. The van der Waals surface area contributed by atoms with Crippen LogP contribution in [0.3, 0.4) is 0 Å². The highest BCUT2D eigenvalue weighted by Gasteiger charge is 2.08. The normalized spacial score (nSPS) is 11.3. The van der Waals surface area contributed by atoms with Gasteiger partial charge in [-0.2, -0.15) is 10.2 Å². The standard InChI is InChI=1S/C22H18N6O2/c29-17-7-3-5-15(11-17)13-23-25-21-19-9-1-2-10-20(19)22(28-27-21)26-24-14-16-6-4-8-18(30)12-16/h1-14,29-30H,(H,25,27)(H,26,28)/b23-13+,24-14+. The number of hydrogen-bond donors (Lipinski definition) is 4. The highest BCUT2D eigenvalue weighted by Crippen LogP contribution is 2.26. The van der Waals surface area contributed by atoms with E-state index in [0.717, 1.165) is 21.9 Å². The Kier molecular flexibility index (Phi) is 5.47. The largest absolute Gasteiger partial charge is 0.508 e. The first-order chi connectivity index (χ1) is 14.7. The summed E-state index contributed by atoms with van der Waals surface area (Å²) in [4.78, 5) is 0. The van der Waals surface area contributed by atoms with Gasteiger partial charge in [0.2, 0.25) is 0 Å². The van der Waals surface area contributed by atoms with Crippen molar-refractivity contribution in [1.82, 2.24) is 10.2 Å². The SMILES string of the molecule is Oc1cccc(/C=N/Nc2nnc(N/N=C/c3cccc(O)c3)c3ccccc23)c1. The van der Waals surface area contributed by atoms with Crippen molar-refractivity contribution in [1.29, 1.82) is 0 Å². The number of phenols is 2. The van der Waals surface area contributed by atoms with Gasteiger partial charge in [-0.15, -0.1) is 10.2 Å². The van der Waals surface area contributed by atoms with Crippen LogP contribution in [0.15, 0.2) is 83.0 Å². The predicted molar refractivity (Wildman–Crippen MR) is 118 cm³/mol. The molecule has 30 heavy (non-hydrogen) atoms. The molecule has 0 radical (unpaired) electrons. The minimum absolute atomic E-state index is 0.172. The first kappa shape index (κ1) is 18.9. The molecule has 4 rings (SSSR count). The topological polar surface area (TPSA) is 115 Å². The average Bonchev–Trinajstić information content (AvgIpc) is 2.75. The number of rotatable bonds is 6. The monoisotopic (exact) mass is 398 g/mol. The lowest BCUT2D eigenvalue weighted by Gasteiger charge is -2.08. The molecule has 0 aliphatic rings. The van der Waals surface area contributed by atoms with Gasteiger partial charge in [0.05, 0.1) is 12.4 Å². The van der Waals surface area contributed by atoms with Crippen LogP contribution in [0.1, 0.15) is 11.1 Å². The van der Waals surface area contributed by atoms with Gasteiger partial charge in [0.15, 0.2) is 11.6 Å². The Hall–Kier alpha value is -4.46. The molecule has 3 aromatic carbocycles. The Morgan fingerprint density at radius 2 is 1.10 bits per heavy atom. The number of hydrogen-bond acceptors (Lipinski definition) is 8.